The second kappa shape index (κ2) is 10.4. The fourth-order valence-corrected chi connectivity index (χ4v) is 4.19. The first-order chi connectivity index (χ1) is 11.5. The second-order valence-electron chi connectivity index (χ2n) is 5.56. The van der Waals surface area contributed by atoms with Gasteiger partial charge in [-0.2, -0.15) is 0 Å². The Hall–Kier alpha value is -1.42. The van der Waals surface area contributed by atoms with Gasteiger partial charge in [-0.05, 0) is 26.7 Å². The van der Waals surface area contributed by atoms with Crippen molar-refractivity contribution in [3.63, 3.8) is 0 Å². The smallest absolute Gasteiger partial charge is 0.377 e. The predicted octanol–water partition coefficient (Wildman–Crippen LogP) is 1.46. The molecule has 0 atom stereocenters. The predicted molar refractivity (Wildman–Crippen MR) is 93.9 cm³/mol. The first kappa shape index (κ1) is 20.6. The van der Waals surface area contributed by atoms with Gasteiger partial charge in [0.1, 0.15) is 5.82 Å². The Morgan fingerprint density at radius 3 is 2.21 bits per heavy atom. The number of aromatic nitrogens is 2. The van der Waals surface area contributed by atoms with Crippen LogP contribution >= 0.6 is 0 Å². The Kier molecular flexibility index (Phi) is 8.97. The largest absolute Gasteiger partial charge is 0.500 e. The lowest BCUT2D eigenvalue weighted by molar-refractivity contribution is 0.123. The van der Waals surface area contributed by atoms with Crippen molar-refractivity contribution in [2.75, 3.05) is 34.4 Å². The molecule has 0 fully saturated rings. The molecule has 0 aliphatic carbocycles. The van der Waals surface area contributed by atoms with Crippen LogP contribution in [0, 0.1) is 13.8 Å². The van der Waals surface area contributed by atoms with Crippen molar-refractivity contribution in [1.82, 2.24) is 20.2 Å². The maximum Gasteiger partial charge on any atom is 0.500 e. The summed E-state index contributed by atoms with van der Waals surface area (Å²) in [4.78, 5) is 16.1. The Bertz CT molecular complexity index is 497. The van der Waals surface area contributed by atoms with Gasteiger partial charge in [0, 0.05) is 53.2 Å². The molecular formula is C15H30N4O4Si. The first-order valence-electron chi connectivity index (χ1n) is 8.14. The maximum absolute atomic E-state index is 11.7. The molecule has 0 unspecified atom stereocenters. The van der Waals surface area contributed by atoms with E-state index in [0.717, 1.165) is 30.9 Å². The zero-order valence-electron chi connectivity index (χ0n) is 15.3. The number of hydrogen-bond acceptors (Lipinski definition) is 5. The molecule has 0 saturated heterocycles. The van der Waals surface area contributed by atoms with Crippen LogP contribution in [-0.2, 0) is 19.8 Å². The molecule has 8 nitrogen and oxygen atoms in total. The van der Waals surface area contributed by atoms with Crippen molar-refractivity contribution < 1.29 is 18.1 Å². The van der Waals surface area contributed by atoms with Crippen LogP contribution in [0.4, 0.5) is 4.79 Å². The monoisotopic (exact) mass is 358 g/mol. The summed E-state index contributed by atoms with van der Waals surface area (Å²) in [7, 11) is 2.22. The van der Waals surface area contributed by atoms with E-state index in [1.54, 1.807) is 21.3 Å². The molecule has 1 heterocycles. The number of aryl methyl sites for hydroxylation is 3. The minimum absolute atomic E-state index is 0.159. The van der Waals surface area contributed by atoms with Crippen molar-refractivity contribution in [1.29, 1.82) is 0 Å². The quantitative estimate of drug-likeness (QED) is 0.462. The molecule has 0 radical (unpaired) electrons. The zero-order chi connectivity index (χ0) is 18.0. The van der Waals surface area contributed by atoms with Gasteiger partial charge in [-0.1, -0.05) is 0 Å². The average molecular weight is 359 g/mol. The van der Waals surface area contributed by atoms with Gasteiger partial charge in [0.2, 0.25) is 0 Å². The highest BCUT2D eigenvalue weighted by Crippen LogP contribution is 2.14. The fraction of sp³-hybridized carbons (Fsp3) is 0.733. The SMILES string of the molecule is CO[Si](CCCNC(=O)NCCCn1cc(C)nc1C)(OC)OC. The van der Waals surface area contributed by atoms with Crippen LogP contribution in [-0.4, -0.2) is 58.8 Å². The van der Waals surface area contributed by atoms with Crippen LogP contribution in [0.1, 0.15) is 24.4 Å². The van der Waals surface area contributed by atoms with E-state index in [2.05, 4.69) is 20.2 Å². The van der Waals surface area contributed by atoms with Gasteiger partial charge in [0.15, 0.2) is 0 Å². The maximum atomic E-state index is 11.7. The van der Waals surface area contributed by atoms with Crippen LogP contribution < -0.4 is 10.6 Å². The molecule has 0 aromatic carbocycles. The summed E-state index contributed by atoms with van der Waals surface area (Å²) in [6, 6.07) is 0.504. The Morgan fingerprint density at radius 1 is 1.12 bits per heavy atom. The Morgan fingerprint density at radius 2 is 1.71 bits per heavy atom. The van der Waals surface area contributed by atoms with Crippen LogP contribution in [0.2, 0.25) is 6.04 Å². The fourth-order valence-electron chi connectivity index (χ4n) is 2.47. The normalized spacial score (nSPS) is 11.5. The number of rotatable bonds is 11. The molecule has 0 saturated carbocycles. The second-order valence-corrected chi connectivity index (χ2v) is 8.65. The molecule has 1 aromatic rings. The molecule has 0 spiro atoms. The lowest BCUT2D eigenvalue weighted by Crippen LogP contribution is -2.43. The highest BCUT2D eigenvalue weighted by molar-refractivity contribution is 6.60. The van der Waals surface area contributed by atoms with Crippen molar-refractivity contribution >= 4 is 14.8 Å². The van der Waals surface area contributed by atoms with Crippen LogP contribution in [0.15, 0.2) is 6.20 Å². The van der Waals surface area contributed by atoms with E-state index in [9.17, 15) is 4.79 Å². The summed E-state index contributed by atoms with van der Waals surface area (Å²) < 4.78 is 18.1. The molecule has 24 heavy (non-hydrogen) atoms. The molecule has 0 aliphatic rings. The van der Waals surface area contributed by atoms with E-state index >= 15 is 0 Å². The van der Waals surface area contributed by atoms with E-state index in [-0.39, 0.29) is 6.03 Å². The zero-order valence-corrected chi connectivity index (χ0v) is 16.3. The summed E-state index contributed by atoms with van der Waals surface area (Å²) in [5.41, 5.74) is 1.01. The van der Waals surface area contributed by atoms with Gasteiger partial charge in [-0.15, -0.1) is 0 Å². The van der Waals surface area contributed by atoms with Crippen molar-refractivity contribution in [2.45, 2.75) is 39.3 Å². The van der Waals surface area contributed by atoms with E-state index in [0.29, 0.717) is 19.1 Å². The van der Waals surface area contributed by atoms with E-state index < -0.39 is 8.80 Å². The average Bonchev–Trinajstić information content (AvgIpc) is 2.90. The topological polar surface area (TPSA) is 86.6 Å². The van der Waals surface area contributed by atoms with Crippen molar-refractivity contribution in [3.05, 3.63) is 17.7 Å². The summed E-state index contributed by atoms with van der Waals surface area (Å²) in [6.07, 6.45) is 3.62. The molecule has 138 valence electrons. The minimum atomic E-state index is -2.54. The third kappa shape index (κ3) is 6.60. The van der Waals surface area contributed by atoms with E-state index in [1.807, 2.05) is 20.0 Å². The Labute approximate surface area is 145 Å². The minimum Gasteiger partial charge on any atom is -0.377 e. The third-order valence-electron chi connectivity index (χ3n) is 3.84. The number of nitrogens with zero attached hydrogens (tertiary/aromatic N) is 2. The van der Waals surface area contributed by atoms with Gasteiger partial charge < -0.3 is 28.5 Å². The van der Waals surface area contributed by atoms with E-state index in [4.69, 9.17) is 13.3 Å². The molecule has 0 bridgehead atoms. The first-order valence-corrected chi connectivity index (χ1v) is 10.1. The van der Waals surface area contributed by atoms with Crippen LogP contribution in [0.5, 0.6) is 0 Å². The van der Waals surface area contributed by atoms with Crippen molar-refractivity contribution in [3.8, 4) is 0 Å². The number of amides is 2. The highest BCUT2D eigenvalue weighted by Gasteiger charge is 2.36. The lowest BCUT2D eigenvalue weighted by Gasteiger charge is -2.24. The summed E-state index contributed by atoms with van der Waals surface area (Å²) >= 11 is 0. The standard InChI is InChI=1S/C15H30N4O4Si/c1-13-12-19(14(2)18-13)10-6-8-16-15(20)17-9-7-11-24(21-3,22-4)23-5/h12H,6-11H2,1-5H3,(H2,16,17,20). The molecule has 1 aromatic heterocycles. The number of hydrogen-bond donors (Lipinski definition) is 2. The number of imidazole rings is 1. The molecule has 2 amide bonds. The number of carbonyl (C=O) groups excluding carboxylic acids is 1. The lowest BCUT2D eigenvalue weighted by atomic mass is 10.4. The molecular weight excluding hydrogens is 328 g/mol. The van der Waals surface area contributed by atoms with Crippen LogP contribution in [0.25, 0.3) is 0 Å². The van der Waals surface area contributed by atoms with E-state index in [1.165, 1.54) is 0 Å². The summed E-state index contributed by atoms with van der Waals surface area (Å²) in [5.74, 6) is 0.999. The number of carbonyl (C=O) groups is 1. The summed E-state index contributed by atoms with van der Waals surface area (Å²) in [5, 5.41) is 5.68. The number of urea groups is 1. The van der Waals surface area contributed by atoms with Gasteiger partial charge >= 0.3 is 14.8 Å². The van der Waals surface area contributed by atoms with Crippen molar-refractivity contribution in [2.24, 2.45) is 0 Å². The molecule has 0 aliphatic heterocycles. The van der Waals surface area contributed by atoms with Crippen LogP contribution in [0.3, 0.4) is 0 Å². The van der Waals surface area contributed by atoms with Gasteiger partial charge in [-0.3, -0.25) is 0 Å². The Balaban J connectivity index is 2.13. The van der Waals surface area contributed by atoms with Gasteiger partial charge in [0.05, 0.1) is 5.69 Å². The van der Waals surface area contributed by atoms with Gasteiger partial charge in [-0.25, -0.2) is 9.78 Å². The summed E-state index contributed by atoms with van der Waals surface area (Å²) in [6.45, 7) is 5.97. The highest BCUT2D eigenvalue weighted by atomic mass is 28.4. The molecule has 2 N–H and O–H groups in total. The molecule has 1 rings (SSSR count). The molecule has 9 heteroatoms. The number of nitrogens with one attached hydrogen (secondary N) is 2. The third-order valence-corrected chi connectivity index (χ3v) is 6.67. The van der Waals surface area contributed by atoms with Gasteiger partial charge in [0.25, 0.3) is 0 Å².